The van der Waals surface area contributed by atoms with Crippen LogP contribution in [0.25, 0.3) is 0 Å². The minimum absolute atomic E-state index is 0. The summed E-state index contributed by atoms with van der Waals surface area (Å²) >= 11 is 7.55. The van der Waals surface area contributed by atoms with Gasteiger partial charge in [-0.05, 0) is 61.4 Å². The van der Waals surface area contributed by atoms with Gasteiger partial charge < -0.3 is 14.8 Å². The first-order valence-electron chi connectivity index (χ1n) is 6.99. The summed E-state index contributed by atoms with van der Waals surface area (Å²) in [4.78, 5) is 14.7. The number of nitrogens with zero attached hydrogens (tertiary/aromatic N) is 1. The van der Waals surface area contributed by atoms with Crippen LogP contribution in [0.3, 0.4) is 0 Å². The molecule has 0 radical (unpaired) electrons. The second kappa shape index (κ2) is 10.3. The van der Waals surface area contributed by atoms with Crippen LogP contribution in [0.15, 0.2) is 58.3 Å². The van der Waals surface area contributed by atoms with Crippen LogP contribution in [-0.4, -0.2) is 19.6 Å². The fourth-order valence-electron chi connectivity index (χ4n) is 2.00. The molecule has 0 saturated heterocycles. The SMILES string of the molecule is CN(CCCC(=O)[O-])c1ccc(Sc2ccc(Cl)cc2)cc1.[Na+]. The maximum Gasteiger partial charge on any atom is 1.00 e. The number of carbonyl (C=O) groups excluding carboxylic acids is 1. The van der Waals surface area contributed by atoms with E-state index in [1.54, 1.807) is 11.8 Å². The standard InChI is InChI=1S/C17H18ClNO2S.Na/c1-19(12-2-3-17(20)21)14-6-10-16(11-7-14)22-15-8-4-13(18)5-9-15;/h4-11H,2-3,12H2,1H3,(H,20,21);/q;+1/p-1. The van der Waals surface area contributed by atoms with Crippen molar-refractivity contribution in [3.8, 4) is 0 Å². The normalized spacial score (nSPS) is 10.0. The fraction of sp³-hybridized carbons (Fsp3) is 0.235. The molecule has 3 nitrogen and oxygen atoms in total. The summed E-state index contributed by atoms with van der Waals surface area (Å²) in [7, 11) is 1.95. The van der Waals surface area contributed by atoms with E-state index in [2.05, 4.69) is 12.1 Å². The predicted molar refractivity (Wildman–Crippen MR) is 89.5 cm³/mol. The van der Waals surface area contributed by atoms with E-state index in [-0.39, 0.29) is 36.0 Å². The molecule has 0 aliphatic heterocycles. The van der Waals surface area contributed by atoms with Crippen molar-refractivity contribution in [2.45, 2.75) is 22.6 Å². The van der Waals surface area contributed by atoms with Crippen LogP contribution in [0.5, 0.6) is 0 Å². The zero-order valence-electron chi connectivity index (χ0n) is 13.3. The monoisotopic (exact) mass is 357 g/mol. The molecule has 0 heterocycles. The summed E-state index contributed by atoms with van der Waals surface area (Å²) in [5.74, 6) is -0.997. The molecule has 116 valence electrons. The zero-order valence-corrected chi connectivity index (χ0v) is 16.9. The largest absolute Gasteiger partial charge is 1.00 e. The molecule has 0 atom stereocenters. The molecule has 0 fully saturated rings. The maximum atomic E-state index is 10.4. The van der Waals surface area contributed by atoms with Gasteiger partial charge in [-0.1, -0.05) is 23.4 Å². The Hall–Kier alpha value is -0.650. The van der Waals surface area contributed by atoms with Gasteiger partial charge in [0.15, 0.2) is 0 Å². The molecular formula is C17H17ClNNaO2S. The first kappa shape index (κ1) is 20.4. The van der Waals surface area contributed by atoms with E-state index < -0.39 is 5.97 Å². The fourth-order valence-corrected chi connectivity index (χ4v) is 2.94. The Morgan fingerprint density at radius 3 is 2.13 bits per heavy atom. The van der Waals surface area contributed by atoms with E-state index in [0.29, 0.717) is 13.0 Å². The van der Waals surface area contributed by atoms with Crippen molar-refractivity contribution < 1.29 is 39.5 Å². The van der Waals surface area contributed by atoms with E-state index >= 15 is 0 Å². The zero-order chi connectivity index (χ0) is 15.9. The molecule has 0 aliphatic carbocycles. The first-order valence-corrected chi connectivity index (χ1v) is 8.18. The van der Waals surface area contributed by atoms with Crippen molar-refractivity contribution in [3.63, 3.8) is 0 Å². The first-order chi connectivity index (χ1) is 10.5. The second-order valence-corrected chi connectivity index (χ2v) is 6.53. The smallest absolute Gasteiger partial charge is 0.550 e. The summed E-state index contributed by atoms with van der Waals surface area (Å²) in [5.41, 5.74) is 1.07. The summed E-state index contributed by atoms with van der Waals surface area (Å²) in [6.07, 6.45) is 0.676. The molecule has 0 spiro atoms. The van der Waals surface area contributed by atoms with Crippen LogP contribution in [0.4, 0.5) is 5.69 Å². The minimum Gasteiger partial charge on any atom is -0.550 e. The average Bonchev–Trinajstić information content (AvgIpc) is 2.50. The Balaban J connectivity index is 0.00000264. The Kier molecular flexibility index (Phi) is 9.10. The van der Waals surface area contributed by atoms with Gasteiger partial charge in [0, 0.05) is 40.1 Å². The van der Waals surface area contributed by atoms with Crippen molar-refractivity contribution in [2.75, 3.05) is 18.5 Å². The minimum atomic E-state index is -0.997. The molecule has 2 aromatic rings. The van der Waals surface area contributed by atoms with E-state index in [0.717, 1.165) is 20.5 Å². The Morgan fingerprint density at radius 2 is 1.61 bits per heavy atom. The van der Waals surface area contributed by atoms with Gasteiger partial charge in [-0.2, -0.15) is 0 Å². The van der Waals surface area contributed by atoms with Crippen molar-refractivity contribution in [1.29, 1.82) is 0 Å². The van der Waals surface area contributed by atoms with Gasteiger partial charge in [0.25, 0.3) is 0 Å². The molecule has 2 rings (SSSR count). The number of hydrogen-bond donors (Lipinski definition) is 0. The van der Waals surface area contributed by atoms with Crippen molar-refractivity contribution in [2.24, 2.45) is 0 Å². The molecule has 0 aromatic heterocycles. The summed E-state index contributed by atoms with van der Waals surface area (Å²) < 4.78 is 0. The Bertz CT molecular complexity index is 619. The molecule has 0 saturated carbocycles. The maximum absolute atomic E-state index is 10.4. The predicted octanol–water partition coefficient (Wildman–Crippen LogP) is 0.461. The van der Waals surface area contributed by atoms with Crippen LogP contribution in [-0.2, 0) is 4.79 Å². The number of rotatable bonds is 7. The van der Waals surface area contributed by atoms with Gasteiger partial charge in [0.1, 0.15) is 0 Å². The quantitative estimate of drug-likeness (QED) is 0.675. The van der Waals surface area contributed by atoms with Crippen LogP contribution >= 0.6 is 23.4 Å². The molecule has 0 unspecified atom stereocenters. The Morgan fingerprint density at radius 1 is 1.09 bits per heavy atom. The third kappa shape index (κ3) is 7.19. The van der Waals surface area contributed by atoms with Crippen molar-refractivity contribution in [1.82, 2.24) is 0 Å². The van der Waals surface area contributed by atoms with Crippen LogP contribution in [0.2, 0.25) is 5.02 Å². The van der Waals surface area contributed by atoms with Gasteiger partial charge in [-0.15, -0.1) is 0 Å². The van der Waals surface area contributed by atoms with Gasteiger partial charge in [0.2, 0.25) is 0 Å². The summed E-state index contributed by atoms with van der Waals surface area (Å²) in [5, 5.41) is 11.2. The molecule has 6 heteroatoms. The summed E-state index contributed by atoms with van der Waals surface area (Å²) in [6, 6.07) is 15.9. The number of anilines is 1. The van der Waals surface area contributed by atoms with Crippen LogP contribution in [0.1, 0.15) is 12.8 Å². The molecule has 23 heavy (non-hydrogen) atoms. The van der Waals surface area contributed by atoms with Crippen LogP contribution < -0.4 is 39.6 Å². The van der Waals surface area contributed by atoms with Crippen LogP contribution in [0, 0.1) is 0 Å². The van der Waals surface area contributed by atoms with E-state index in [9.17, 15) is 9.90 Å². The van der Waals surface area contributed by atoms with Crippen molar-refractivity contribution >= 4 is 35.0 Å². The third-order valence-corrected chi connectivity index (χ3v) is 4.47. The van der Waals surface area contributed by atoms with Gasteiger partial charge in [0.05, 0.1) is 0 Å². The Labute approximate surface area is 168 Å². The average molecular weight is 358 g/mol. The number of halogens is 1. The second-order valence-electron chi connectivity index (χ2n) is 4.95. The number of carboxylic acid groups (broad SMARTS) is 1. The molecule has 0 amide bonds. The van der Waals surface area contributed by atoms with Gasteiger partial charge in [-0.25, -0.2) is 0 Å². The number of aliphatic carboxylic acids is 1. The molecule has 0 aliphatic rings. The van der Waals surface area contributed by atoms with Crippen molar-refractivity contribution in [3.05, 3.63) is 53.6 Å². The molecule has 0 N–H and O–H groups in total. The molecular weight excluding hydrogens is 341 g/mol. The van der Waals surface area contributed by atoms with E-state index in [1.807, 2.05) is 48.3 Å². The molecule has 0 bridgehead atoms. The topological polar surface area (TPSA) is 43.4 Å². The van der Waals surface area contributed by atoms with E-state index in [4.69, 9.17) is 11.6 Å². The number of hydrogen-bond acceptors (Lipinski definition) is 4. The van der Waals surface area contributed by atoms with Gasteiger partial charge in [-0.3, -0.25) is 0 Å². The summed E-state index contributed by atoms with van der Waals surface area (Å²) in [6.45, 7) is 0.692. The number of benzene rings is 2. The third-order valence-electron chi connectivity index (χ3n) is 3.20. The number of carbonyl (C=O) groups is 1. The molecule has 2 aromatic carbocycles. The van der Waals surface area contributed by atoms with E-state index in [1.165, 1.54) is 0 Å². The van der Waals surface area contributed by atoms with Gasteiger partial charge >= 0.3 is 29.6 Å². The number of carboxylic acids is 1.